The quantitative estimate of drug-likeness (QED) is 0.666. The molecule has 0 aliphatic heterocycles. The van der Waals surface area contributed by atoms with Gasteiger partial charge >= 0.3 is 0 Å². The minimum Gasteiger partial charge on any atom is -0.317 e. The van der Waals surface area contributed by atoms with Crippen LogP contribution < -0.4 is 10.6 Å². The first-order valence-corrected chi connectivity index (χ1v) is 5.24. The molecule has 72 valence electrons. The van der Waals surface area contributed by atoms with Crippen LogP contribution in [0.2, 0.25) is 0 Å². The molecular weight excluding hydrogens is 148 g/mol. The monoisotopic (exact) mass is 170 g/mol. The fraction of sp³-hybridized carbons (Fsp3) is 1.00. The standard InChI is InChI=1S/C10H22N2/c1-3-12-8-9-5-4-6-10(7-9)11-2/h9-12H,3-8H2,1-2H3. The molecule has 2 heteroatoms. The predicted molar refractivity (Wildman–Crippen MR) is 53.3 cm³/mol. The van der Waals surface area contributed by atoms with E-state index in [4.69, 9.17) is 0 Å². The highest BCUT2D eigenvalue weighted by atomic mass is 14.9. The summed E-state index contributed by atoms with van der Waals surface area (Å²) < 4.78 is 0. The fourth-order valence-electron chi connectivity index (χ4n) is 2.09. The summed E-state index contributed by atoms with van der Waals surface area (Å²) in [6.45, 7) is 4.51. The molecular formula is C10H22N2. The third kappa shape index (κ3) is 3.11. The summed E-state index contributed by atoms with van der Waals surface area (Å²) in [6, 6.07) is 0.780. The molecule has 0 aromatic heterocycles. The number of nitrogens with one attached hydrogen (secondary N) is 2. The number of hydrogen-bond acceptors (Lipinski definition) is 2. The van der Waals surface area contributed by atoms with Crippen LogP contribution in [0.15, 0.2) is 0 Å². The maximum absolute atomic E-state index is 3.43. The molecule has 1 fully saturated rings. The number of hydrogen-bond donors (Lipinski definition) is 2. The van der Waals surface area contributed by atoms with Crippen LogP contribution in [-0.2, 0) is 0 Å². The lowest BCUT2D eigenvalue weighted by atomic mass is 9.86. The summed E-state index contributed by atoms with van der Waals surface area (Å²) in [7, 11) is 2.08. The maximum atomic E-state index is 3.43. The van der Waals surface area contributed by atoms with E-state index < -0.39 is 0 Å². The lowest BCUT2D eigenvalue weighted by Crippen LogP contribution is -2.35. The van der Waals surface area contributed by atoms with E-state index in [0.29, 0.717) is 0 Å². The van der Waals surface area contributed by atoms with Gasteiger partial charge in [-0.25, -0.2) is 0 Å². The Morgan fingerprint density at radius 1 is 1.33 bits per heavy atom. The maximum Gasteiger partial charge on any atom is 0.00671 e. The third-order valence-electron chi connectivity index (χ3n) is 2.87. The van der Waals surface area contributed by atoms with Crippen LogP contribution in [0.25, 0.3) is 0 Å². The fourth-order valence-corrected chi connectivity index (χ4v) is 2.09. The van der Waals surface area contributed by atoms with Gasteiger partial charge in [-0.05, 0) is 45.3 Å². The van der Waals surface area contributed by atoms with E-state index in [9.17, 15) is 0 Å². The van der Waals surface area contributed by atoms with Crippen LogP contribution >= 0.6 is 0 Å². The van der Waals surface area contributed by atoms with E-state index in [1.54, 1.807) is 0 Å². The highest BCUT2D eigenvalue weighted by Gasteiger charge is 2.19. The Bertz CT molecular complexity index is 114. The summed E-state index contributed by atoms with van der Waals surface area (Å²) in [5.41, 5.74) is 0. The second-order valence-corrected chi connectivity index (χ2v) is 3.83. The molecule has 0 heterocycles. The molecule has 1 saturated carbocycles. The lowest BCUT2D eigenvalue weighted by Gasteiger charge is -2.28. The summed E-state index contributed by atoms with van der Waals surface area (Å²) in [6.07, 6.45) is 5.56. The van der Waals surface area contributed by atoms with Gasteiger partial charge in [-0.1, -0.05) is 13.3 Å². The molecule has 1 rings (SSSR count). The van der Waals surface area contributed by atoms with Crippen molar-refractivity contribution in [3.63, 3.8) is 0 Å². The van der Waals surface area contributed by atoms with Gasteiger partial charge in [0, 0.05) is 6.04 Å². The van der Waals surface area contributed by atoms with E-state index in [1.807, 2.05) is 0 Å². The van der Waals surface area contributed by atoms with Crippen LogP contribution in [0, 0.1) is 5.92 Å². The van der Waals surface area contributed by atoms with Gasteiger partial charge in [-0.3, -0.25) is 0 Å². The minimum absolute atomic E-state index is 0.780. The Balaban J connectivity index is 2.16. The SMILES string of the molecule is CCNCC1CCCC(NC)C1. The first kappa shape index (κ1) is 10.0. The largest absolute Gasteiger partial charge is 0.317 e. The van der Waals surface area contributed by atoms with Crippen LogP contribution in [0.4, 0.5) is 0 Å². The summed E-state index contributed by atoms with van der Waals surface area (Å²) in [5.74, 6) is 0.913. The topological polar surface area (TPSA) is 24.1 Å². The summed E-state index contributed by atoms with van der Waals surface area (Å²) in [5, 5.41) is 6.82. The van der Waals surface area contributed by atoms with Crippen molar-refractivity contribution in [2.45, 2.75) is 38.6 Å². The van der Waals surface area contributed by atoms with Crippen molar-refractivity contribution in [2.75, 3.05) is 20.1 Å². The normalized spacial score (nSPS) is 30.5. The van der Waals surface area contributed by atoms with E-state index in [-0.39, 0.29) is 0 Å². The van der Waals surface area contributed by atoms with E-state index in [0.717, 1.165) is 18.5 Å². The van der Waals surface area contributed by atoms with Crippen molar-refractivity contribution in [1.82, 2.24) is 10.6 Å². The molecule has 2 N–H and O–H groups in total. The highest BCUT2D eigenvalue weighted by molar-refractivity contribution is 4.77. The Hall–Kier alpha value is -0.0800. The van der Waals surface area contributed by atoms with Gasteiger partial charge < -0.3 is 10.6 Å². The lowest BCUT2D eigenvalue weighted by molar-refractivity contribution is 0.288. The predicted octanol–water partition coefficient (Wildman–Crippen LogP) is 1.37. The van der Waals surface area contributed by atoms with Crippen LogP contribution in [0.3, 0.4) is 0 Å². The van der Waals surface area contributed by atoms with Crippen LogP contribution in [-0.4, -0.2) is 26.2 Å². The van der Waals surface area contributed by atoms with Gasteiger partial charge in [0.05, 0.1) is 0 Å². The van der Waals surface area contributed by atoms with E-state index >= 15 is 0 Å². The van der Waals surface area contributed by atoms with Gasteiger partial charge in [0.2, 0.25) is 0 Å². The number of rotatable bonds is 4. The molecule has 0 aromatic rings. The first-order chi connectivity index (χ1) is 5.86. The van der Waals surface area contributed by atoms with Crippen molar-refractivity contribution in [3.05, 3.63) is 0 Å². The highest BCUT2D eigenvalue weighted by Crippen LogP contribution is 2.23. The van der Waals surface area contributed by atoms with E-state index in [1.165, 1.54) is 32.2 Å². The van der Waals surface area contributed by atoms with Gasteiger partial charge in [0.1, 0.15) is 0 Å². The zero-order valence-electron chi connectivity index (χ0n) is 8.40. The molecule has 1 aliphatic rings. The van der Waals surface area contributed by atoms with Crippen molar-refractivity contribution in [2.24, 2.45) is 5.92 Å². The molecule has 0 bridgehead atoms. The zero-order valence-corrected chi connectivity index (χ0v) is 8.40. The summed E-state index contributed by atoms with van der Waals surface area (Å²) in [4.78, 5) is 0. The van der Waals surface area contributed by atoms with Crippen LogP contribution in [0.5, 0.6) is 0 Å². The van der Waals surface area contributed by atoms with Crippen molar-refractivity contribution < 1.29 is 0 Å². The molecule has 0 amide bonds. The Labute approximate surface area is 76.1 Å². The molecule has 12 heavy (non-hydrogen) atoms. The van der Waals surface area contributed by atoms with Gasteiger partial charge in [-0.15, -0.1) is 0 Å². The molecule has 0 saturated heterocycles. The molecule has 2 unspecified atom stereocenters. The molecule has 0 aromatic carbocycles. The molecule has 1 aliphatic carbocycles. The van der Waals surface area contributed by atoms with Crippen molar-refractivity contribution in [3.8, 4) is 0 Å². The van der Waals surface area contributed by atoms with Gasteiger partial charge in [-0.2, -0.15) is 0 Å². The van der Waals surface area contributed by atoms with E-state index in [2.05, 4.69) is 24.6 Å². The molecule has 2 atom stereocenters. The first-order valence-electron chi connectivity index (χ1n) is 5.24. The zero-order chi connectivity index (χ0) is 8.81. The van der Waals surface area contributed by atoms with Gasteiger partial charge in [0.25, 0.3) is 0 Å². The summed E-state index contributed by atoms with van der Waals surface area (Å²) >= 11 is 0. The van der Waals surface area contributed by atoms with Crippen LogP contribution in [0.1, 0.15) is 32.6 Å². The Kier molecular flexibility index (Phi) is 4.62. The second kappa shape index (κ2) is 5.55. The molecule has 0 spiro atoms. The van der Waals surface area contributed by atoms with Crippen molar-refractivity contribution in [1.29, 1.82) is 0 Å². The molecule has 0 radical (unpaired) electrons. The Morgan fingerprint density at radius 2 is 2.17 bits per heavy atom. The Morgan fingerprint density at radius 3 is 2.83 bits per heavy atom. The smallest absolute Gasteiger partial charge is 0.00671 e. The molecule has 2 nitrogen and oxygen atoms in total. The minimum atomic E-state index is 0.780. The average Bonchev–Trinajstić information content (AvgIpc) is 2.15. The van der Waals surface area contributed by atoms with Gasteiger partial charge in [0.15, 0.2) is 0 Å². The second-order valence-electron chi connectivity index (χ2n) is 3.83. The average molecular weight is 170 g/mol. The van der Waals surface area contributed by atoms with Crippen molar-refractivity contribution >= 4 is 0 Å². The third-order valence-corrected chi connectivity index (χ3v) is 2.87.